The molecule has 4 N–H and O–H groups in total. The highest BCUT2D eigenvalue weighted by atomic mass is 16.3. The normalized spacial score (nSPS) is 16.0. The number of carbonyl (C=O) groups is 3. The van der Waals surface area contributed by atoms with Crippen molar-refractivity contribution >= 4 is 34.2 Å². The average Bonchev–Trinajstić information content (AvgIpc) is 3.11. The van der Waals surface area contributed by atoms with E-state index in [2.05, 4.69) is 68.2 Å². The quantitative estimate of drug-likeness (QED) is 0.149. The summed E-state index contributed by atoms with van der Waals surface area (Å²) in [5.74, 6) is -0.944. The Kier molecular flexibility index (Phi) is 13.0. The predicted octanol–water partition coefficient (Wildman–Crippen LogP) is 4.33. The molecule has 0 spiro atoms. The van der Waals surface area contributed by atoms with Crippen LogP contribution in [-0.2, 0) is 27.2 Å². The number of nitrogens with one attached hydrogen (secondary N) is 3. The summed E-state index contributed by atoms with van der Waals surface area (Å²) in [5, 5.41) is 23.0. The van der Waals surface area contributed by atoms with Gasteiger partial charge in [0, 0.05) is 57.1 Å². The standard InChI is InChI=1S/C41H51N5O4/c1-29(2)25-36(42-30(3)47)40(49)44-37(27-32-15-8-5-9-16-32)41(50)43-35(26-31-13-6-4-7-14-31)39(48)28-45-21-23-46(24-22-45)38-20-12-18-33-17-10-11-19-34(33)38/h4-20,29,35-37,39,48H,21-28H2,1-3H3,(H,42,47)(H,43,50)(H,44,49)/t35-,36-,37-,39-/m0/s1. The van der Waals surface area contributed by atoms with E-state index in [1.165, 1.54) is 23.4 Å². The monoisotopic (exact) mass is 677 g/mol. The van der Waals surface area contributed by atoms with Gasteiger partial charge in [-0.25, -0.2) is 0 Å². The van der Waals surface area contributed by atoms with Crippen molar-refractivity contribution in [3.05, 3.63) is 114 Å². The summed E-state index contributed by atoms with van der Waals surface area (Å²) in [6, 6.07) is 31.9. The molecule has 4 aromatic rings. The van der Waals surface area contributed by atoms with Gasteiger partial charge in [0.25, 0.3) is 0 Å². The van der Waals surface area contributed by atoms with Gasteiger partial charge in [-0.3, -0.25) is 19.3 Å². The van der Waals surface area contributed by atoms with Crippen molar-refractivity contribution < 1.29 is 19.5 Å². The van der Waals surface area contributed by atoms with Crippen LogP contribution in [0.15, 0.2) is 103 Å². The predicted molar refractivity (Wildman–Crippen MR) is 200 cm³/mol. The maximum absolute atomic E-state index is 14.1. The molecule has 0 aliphatic carbocycles. The number of piperazine rings is 1. The number of carbonyl (C=O) groups excluding carboxylic acids is 3. The lowest BCUT2D eigenvalue weighted by Gasteiger charge is -2.38. The van der Waals surface area contributed by atoms with Crippen molar-refractivity contribution in [1.82, 2.24) is 20.9 Å². The summed E-state index contributed by atoms with van der Waals surface area (Å²) in [4.78, 5) is 44.2. The number of anilines is 1. The summed E-state index contributed by atoms with van der Waals surface area (Å²) < 4.78 is 0. The first kappa shape index (κ1) is 36.5. The van der Waals surface area contributed by atoms with Gasteiger partial charge in [-0.05, 0) is 41.3 Å². The molecule has 9 heteroatoms. The lowest BCUT2D eigenvalue weighted by molar-refractivity contribution is -0.132. The van der Waals surface area contributed by atoms with Crippen molar-refractivity contribution in [2.24, 2.45) is 5.92 Å². The van der Waals surface area contributed by atoms with Gasteiger partial charge in [-0.1, -0.05) is 111 Å². The van der Waals surface area contributed by atoms with Gasteiger partial charge >= 0.3 is 0 Å². The van der Waals surface area contributed by atoms with Crippen LogP contribution in [0.1, 0.15) is 38.3 Å². The van der Waals surface area contributed by atoms with E-state index in [0.717, 1.165) is 37.3 Å². The Bertz CT molecular complexity index is 1690. The number of rotatable bonds is 15. The third-order valence-corrected chi connectivity index (χ3v) is 9.33. The second kappa shape index (κ2) is 17.8. The molecular formula is C41H51N5O4. The van der Waals surface area contributed by atoms with Gasteiger partial charge < -0.3 is 26.0 Å². The van der Waals surface area contributed by atoms with Crippen molar-refractivity contribution in [1.29, 1.82) is 0 Å². The van der Waals surface area contributed by atoms with Crippen LogP contribution >= 0.6 is 0 Å². The molecule has 1 heterocycles. The fourth-order valence-corrected chi connectivity index (χ4v) is 6.76. The van der Waals surface area contributed by atoms with E-state index >= 15 is 0 Å². The van der Waals surface area contributed by atoms with Crippen LogP contribution in [0.4, 0.5) is 5.69 Å². The summed E-state index contributed by atoms with van der Waals surface area (Å²) in [6.07, 6.45) is 0.271. The smallest absolute Gasteiger partial charge is 0.243 e. The first-order valence-corrected chi connectivity index (χ1v) is 17.7. The van der Waals surface area contributed by atoms with Gasteiger partial charge in [-0.15, -0.1) is 0 Å². The zero-order valence-corrected chi connectivity index (χ0v) is 29.4. The highest BCUT2D eigenvalue weighted by Crippen LogP contribution is 2.27. The summed E-state index contributed by atoms with van der Waals surface area (Å²) in [6.45, 7) is 8.95. The number of hydrogen-bond donors (Lipinski definition) is 4. The summed E-state index contributed by atoms with van der Waals surface area (Å²) in [5.41, 5.74) is 3.10. The van der Waals surface area contributed by atoms with Crippen LogP contribution < -0.4 is 20.9 Å². The molecule has 0 saturated carbocycles. The average molecular weight is 678 g/mol. The fraction of sp³-hybridized carbons (Fsp3) is 0.390. The second-order valence-electron chi connectivity index (χ2n) is 13.8. The number of amides is 3. The van der Waals surface area contributed by atoms with Crippen LogP contribution in [0, 0.1) is 5.92 Å². The fourth-order valence-electron chi connectivity index (χ4n) is 6.76. The van der Waals surface area contributed by atoms with E-state index in [0.29, 0.717) is 19.4 Å². The minimum absolute atomic E-state index is 0.151. The number of hydrogen-bond acceptors (Lipinski definition) is 6. The Morgan fingerprint density at radius 1 is 0.680 bits per heavy atom. The number of fused-ring (bicyclic) bond motifs is 1. The van der Waals surface area contributed by atoms with Crippen molar-refractivity contribution in [2.75, 3.05) is 37.6 Å². The molecule has 5 rings (SSSR count). The van der Waals surface area contributed by atoms with Crippen molar-refractivity contribution in [2.45, 2.75) is 64.3 Å². The molecule has 1 fully saturated rings. The number of benzene rings is 4. The highest BCUT2D eigenvalue weighted by Gasteiger charge is 2.31. The topological polar surface area (TPSA) is 114 Å². The summed E-state index contributed by atoms with van der Waals surface area (Å²) in [7, 11) is 0. The van der Waals surface area contributed by atoms with E-state index in [-0.39, 0.29) is 24.2 Å². The first-order valence-electron chi connectivity index (χ1n) is 17.7. The van der Waals surface area contributed by atoms with Crippen molar-refractivity contribution in [3.8, 4) is 0 Å². The molecule has 50 heavy (non-hydrogen) atoms. The van der Waals surface area contributed by atoms with Crippen LogP contribution in [0.3, 0.4) is 0 Å². The highest BCUT2D eigenvalue weighted by molar-refractivity contribution is 5.94. The van der Waals surface area contributed by atoms with E-state index < -0.39 is 30.1 Å². The van der Waals surface area contributed by atoms with E-state index in [4.69, 9.17) is 0 Å². The molecule has 0 radical (unpaired) electrons. The number of nitrogens with zero attached hydrogens (tertiary/aromatic N) is 2. The molecule has 0 unspecified atom stereocenters. The lowest BCUT2D eigenvalue weighted by atomic mass is 9.98. The van der Waals surface area contributed by atoms with Gasteiger partial charge in [0.1, 0.15) is 12.1 Å². The van der Waals surface area contributed by atoms with Crippen molar-refractivity contribution in [3.63, 3.8) is 0 Å². The zero-order valence-electron chi connectivity index (χ0n) is 29.4. The van der Waals surface area contributed by atoms with E-state index in [9.17, 15) is 19.5 Å². The van der Waals surface area contributed by atoms with Crippen LogP contribution in [0.25, 0.3) is 10.8 Å². The third-order valence-electron chi connectivity index (χ3n) is 9.33. The van der Waals surface area contributed by atoms with Crippen LogP contribution in [-0.4, -0.2) is 84.7 Å². The van der Waals surface area contributed by atoms with Crippen LogP contribution in [0.5, 0.6) is 0 Å². The molecule has 4 atom stereocenters. The Balaban J connectivity index is 1.29. The molecule has 1 aliphatic heterocycles. The molecule has 4 aromatic carbocycles. The van der Waals surface area contributed by atoms with Gasteiger partial charge in [0.05, 0.1) is 12.1 Å². The molecule has 9 nitrogen and oxygen atoms in total. The van der Waals surface area contributed by atoms with Gasteiger partial charge in [0.2, 0.25) is 17.7 Å². The second-order valence-corrected chi connectivity index (χ2v) is 13.8. The summed E-state index contributed by atoms with van der Waals surface area (Å²) >= 11 is 0. The molecular weight excluding hydrogens is 626 g/mol. The lowest BCUT2D eigenvalue weighted by Crippen LogP contribution is -2.58. The maximum atomic E-state index is 14.1. The van der Waals surface area contributed by atoms with Gasteiger partial charge in [-0.2, -0.15) is 0 Å². The SMILES string of the molecule is CC(=O)N[C@@H](CC(C)C)C(=O)N[C@@H](Cc1ccccc1)C(=O)N[C@@H](Cc1ccccc1)[C@@H](O)CN1CCN(c2cccc3ccccc23)CC1. The molecule has 0 aromatic heterocycles. The Morgan fingerprint density at radius 3 is 1.90 bits per heavy atom. The molecule has 3 amide bonds. The first-order chi connectivity index (χ1) is 24.2. The Morgan fingerprint density at radius 2 is 1.26 bits per heavy atom. The number of aliphatic hydroxyl groups excluding tert-OH is 1. The third kappa shape index (κ3) is 10.4. The van der Waals surface area contributed by atoms with Gasteiger partial charge in [0.15, 0.2) is 0 Å². The zero-order chi connectivity index (χ0) is 35.5. The number of β-amino-alcohol motifs (C(OH)–C–C–N with tert-alkyl or cyclic N) is 1. The Hall–Kier alpha value is -4.73. The molecule has 1 aliphatic rings. The van der Waals surface area contributed by atoms with E-state index in [1.807, 2.05) is 74.5 Å². The maximum Gasteiger partial charge on any atom is 0.243 e. The molecule has 264 valence electrons. The minimum Gasteiger partial charge on any atom is -0.390 e. The van der Waals surface area contributed by atoms with Crippen LogP contribution in [0.2, 0.25) is 0 Å². The molecule has 1 saturated heterocycles. The van der Waals surface area contributed by atoms with E-state index in [1.54, 1.807) is 0 Å². The molecule has 0 bridgehead atoms. The minimum atomic E-state index is -0.914. The Labute approximate surface area is 296 Å². The number of aliphatic hydroxyl groups is 1. The largest absolute Gasteiger partial charge is 0.390 e.